The summed E-state index contributed by atoms with van der Waals surface area (Å²) >= 11 is 0. The van der Waals surface area contributed by atoms with Crippen molar-refractivity contribution in [3.05, 3.63) is 53.3 Å². The van der Waals surface area contributed by atoms with Crippen molar-refractivity contribution in [1.82, 2.24) is 0 Å². The molecule has 1 heterocycles. The molecule has 3 nitrogen and oxygen atoms in total. The predicted molar refractivity (Wildman–Crippen MR) is 83.4 cm³/mol. The van der Waals surface area contributed by atoms with Gasteiger partial charge in [-0.25, -0.2) is 4.39 Å². The highest BCUT2D eigenvalue weighted by atomic mass is 19.1. The summed E-state index contributed by atoms with van der Waals surface area (Å²) in [5.74, 6) is 0.229. The number of rotatable bonds is 2. The molecule has 0 unspecified atom stereocenters. The topological polar surface area (TPSA) is 38.5 Å². The maximum absolute atomic E-state index is 14.2. The van der Waals surface area contributed by atoms with E-state index in [0.29, 0.717) is 17.1 Å². The molecule has 2 aromatic rings. The van der Waals surface area contributed by atoms with Crippen LogP contribution in [0.1, 0.15) is 11.1 Å². The van der Waals surface area contributed by atoms with Gasteiger partial charge in [0.15, 0.2) is 0 Å². The van der Waals surface area contributed by atoms with E-state index < -0.39 is 0 Å². The van der Waals surface area contributed by atoms with E-state index in [1.165, 1.54) is 17.2 Å². The van der Waals surface area contributed by atoms with Gasteiger partial charge in [-0.1, -0.05) is 24.3 Å². The first-order valence-corrected chi connectivity index (χ1v) is 7.14. The van der Waals surface area contributed by atoms with E-state index in [4.69, 9.17) is 10.5 Å². The van der Waals surface area contributed by atoms with Gasteiger partial charge in [0.25, 0.3) is 0 Å². The molecule has 0 saturated heterocycles. The van der Waals surface area contributed by atoms with Crippen molar-refractivity contribution in [1.29, 1.82) is 0 Å². The standard InChI is InChI=1S/C17H19FN2O/c1-21-17-11-16(14(18)10-15(17)19)20-8-6-12-4-2-3-5-13(12)7-9-20/h2-5,10-11H,6-9,19H2,1H3. The zero-order valence-corrected chi connectivity index (χ0v) is 12.1. The van der Waals surface area contributed by atoms with Crippen LogP contribution < -0.4 is 15.4 Å². The minimum atomic E-state index is -0.292. The summed E-state index contributed by atoms with van der Waals surface area (Å²) in [5.41, 5.74) is 9.34. The number of benzene rings is 2. The van der Waals surface area contributed by atoms with Gasteiger partial charge >= 0.3 is 0 Å². The molecule has 0 bridgehead atoms. The van der Waals surface area contributed by atoms with Gasteiger partial charge < -0.3 is 15.4 Å². The van der Waals surface area contributed by atoms with Crippen molar-refractivity contribution in [3.63, 3.8) is 0 Å². The van der Waals surface area contributed by atoms with Crippen molar-refractivity contribution >= 4 is 11.4 Å². The largest absolute Gasteiger partial charge is 0.495 e. The Morgan fingerprint density at radius 1 is 1.10 bits per heavy atom. The molecule has 0 aromatic heterocycles. The van der Waals surface area contributed by atoms with E-state index in [1.807, 2.05) is 0 Å². The molecule has 110 valence electrons. The lowest BCUT2D eigenvalue weighted by Gasteiger charge is -2.24. The Balaban J connectivity index is 1.89. The summed E-state index contributed by atoms with van der Waals surface area (Å²) in [4.78, 5) is 2.07. The molecule has 0 amide bonds. The van der Waals surface area contributed by atoms with Crippen LogP contribution >= 0.6 is 0 Å². The summed E-state index contributed by atoms with van der Waals surface area (Å²) in [6.45, 7) is 1.59. The zero-order valence-electron chi connectivity index (χ0n) is 12.1. The van der Waals surface area contributed by atoms with Gasteiger partial charge in [0, 0.05) is 25.2 Å². The highest BCUT2D eigenvalue weighted by molar-refractivity contribution is 5.63. The second kappa shape index (κ2) is 5.64. The van der Waals surface area contributed by atoms with E-state index in [-0.39, 0.29) is 5.82 Å². The monoisotopic (exact) mass is 286 g/mol. The van der Waals surface area contributed by atoms with Crippen molar-refractivity contribution in [2.24, 2.45) is 0 Å². The summed E-state index contributed by atoms with van der Waals surface area (Å²) in [6, 6.07) is 11.5. The summed E-state index contributed by atoms with van der Waals surface area (Å²) in [5, 5.41) is 0. The Hall–Kier alpha value is -2.23. The molecule has 0 saturated carbocycles. The highest BCUT2D eigenvalue weighted by Gasteiger charge is 2.18. The molecule has 2 N–H and O–H groups in total. The van der Waals surface area contributed by atoms with Crippen molar-refractivity contribution in [3.8, 4) is 5.75 Å². The summed E-state index contributed by atoms with van der Waals surface area (Å²) in [6.07, 6.45) is 1.84. The van der Waals surface area contributed by atoms with Gasteiger partial charge in [-0.2, -0.15) is 0 Å². The Kier molecular flexibility index (Phi) is 3.69. The number of fused-ring (bicyclic) bond motifs is 1. The van der Waals surface area contributed by atoms with E-state index >= 15 is 0 Å². The normalized spacial score (nSPS) is 14.5. The molecular weight excluding hydrogens is 267 g/mol. The number of methoxy groups -OCH3 is 1. The fraction of sp³-hybridized carbons (Fsp3) is 0.294. The molecule has 2 aromatic carbocycles. The van der Waals surface area contributed by atoms with Crippen LogP contribution in [0.15, 0.2) is 36.4 Å². The second-order valence-corrected chi connectivity index (χ2v) is 5.30. The maximum Gasteiger partial charge on any atom is 0.148 e. The van der Waals surface area contributed by atoms with E-state index in [2.05, 4.69) is 29.2 Å². The molecule has 4 heteroatoms. The van der Waals surface area contributed by atoms with E-state index in [9.17, 15) is 4.39 Å². The second-order valence-electron chi connectivity index (χ2n) is 5.30. The van der Waals surface area contributed by atoms with Gasteiger partial charge in [-0.05, 0) is 24.0 Å². The molecule has 3 rings (SSSR count). The molecule has 1 aliphatic rings. The van der Waals surface area contributed by atoms with Gasteiger partial charge in [0.05, 0.1) is 18.5 Å². The number of halogens is 1. The molecular formula is C17H19FN2O. The van der Waals surface area contributed by atoms with Crippen molar-refractivity contribution in [2.45, 2.75) is 12.8 Å². The number of nitrogens with two attached hydrogens (primary N) is 1. The molecule has 0 fully saturated rings. The SMILES string of the molecule is COc1cc(N2CCc3ccccc3CC2)c(F)cc1N. The van der Waals surface area contributed by atoms with Crippen LogP contribution in [0.5, 0.6) is 5.75 Å². The number of ether oxygens (including phenoxy) is 1. The van der Waals surface area contributed by atoms with E-state index in [0.717, 1.165) is 25.9 Å². The Labute approximate surface area is 124 Å². The number of anilines is 2. The molecule has 0 atom stereocenters. The van der Waals surface area contributed by atoms with E-state index in [1.54, 1.807) is 13.2 Å². The third-order valence-electron chi connectivity index (χ3n) is 4.06. The van der Waals surface area contributed by atoms with Crippen LogP contribution in [0.4, 0.5) is 15.8 Å². The lowest BCUT2D eigenvalue weighted by atomic mass is 10.0. The first kappa shape index (κ1) is 13.7. The fourth-order valence-electron chi connectivity index (χ4n) is 2.89. The van der Waals surface area contributed by atoms with Crippen LogP contribution in [0.3, 0.4) is 0 Å². The average Bonchev–Trinajstić information content (AvgIpc) is 2.70. The van der Waals surface area contributed by atoms with Crippen molar-refractivity contribution in [2.75, 3.05) is 30.8 Å². The van der Waals surface area contributed by atoms with Crippen LogP contribution in [0.2, 0.25) is 0 Å². The van der Waals surface area contributed by atoms with Crippen LogP contribution in [0, 0.1) is 5.82 Å². The number of hydrogen-bond acceptors (Lipinski definition) is 3. The summed E-state index contributed by atoms with van der Waals surface area (Å²) in [7, 11) is 1.55. The minimum Gasteiger partial charge on any atom is -0.495 e. The predicted octanol–water partition coefficient (Wildman–Crippen LogP) is 3.02. The number of hydrogen-bond donors (Lipinski definition) is 1. The van der Waals surface area contributed by atoms with Crippen LogP contribution in [0.25, 0.3) is 0 Å². The third-order valence-corrected chi connectivity index (χ3v) is 4.06. The lowest BCUT2D eigenvalue weighted by molar-refractivity contribution is 0.416. The number of nitrogen functional groups attached to an aromatic ring is 1. The Morgan fingerprint density at radius 3 is 2.29 bits per heavy atom. The van der Waals surface area contributed by atoms with Crippen LogP contribution in [-0.2, 0) is 12.8 Å². The molecule has 0 aliphatic carbocycles. The highest BCUT2D eigenvalue weighted by Crippen LogP contribution is 2.31. The molecule has 21 heavy (non-hydrogen) atoms. The maximum atomic E-state index is 14.2. The van der Waals surface area contributed by atoms with Crippen molar-refractivity contribution < 1.29 is 9.13 Å². The Morgan fingerprint density at radius 2 is 1.71 bits per heavy atom. The van der Waals surface area contributed by atoms with Crippen LogP contribution in [-0.4, -0.2) is 20.2 Å². The number of nitrogens with zero attached hydrogens (tertiary/aromatic N) is 1. The van der Waals surface area contributed by atoms with Gasteiger partial charge in [0.2, 0.25) is 0 Å². The molecule has 0 radical (unpaired) electrons. The molecule has 1 aliphatic heterocycles. The first-order chi connectivity index (χ1) is 10.2. The summed E-state index contributed by atoms with van der Waals surface area (Å²) < 4.78 is 19.4. The third kappa shape index (κ3) is 2.66. The lowest BCUT2D eigenvalue weighted by Crippen LogP contribution is -2.27. The first-order valence-electron chi connectivity index (χ1n) is 7.14. The zero-order chi connectivity index (χ0) is 14.8. The quantitative estimate of drug-likeness (QED) is 0.862. The smallest absolute Gasteiger partial charge is 0.148 e. The fourth-order valence-corrected chi connectivity index (χ4v) is 2.89. The Bertz CT molecular complexity index is 630. The van der Waals surface area contributed by atoms with Gasteiger partial charge in [-0.3, -0.25) is 0 Å². The minimum absolute atomic E-state index is 0.292. The average molecular weight is 286 g/mol. The van der Waals surface area contributed by atoms with Gasteiger partial charge in [0.1, 0.15) is 11.6 Å². The molecule has 0 spiro atoms. The van der Waals surface area contributed by atoms with Gasteiger partial charge in [-0.15, -0.1) is 0 Å².